The van der Waals surface area contributed by atoms with Crippen LogP contribution in [-0.4, -0.2) is 30.2 Å². The minimum Gasteiger partial charge on any atom is -0.359 e. The summed E-state index contributed by atoms with van der Waals surface area (Å²) in [5.74, 6) is 0. The third-order valence-electron chi connectivity index (χ3n) is 2.36. The molecule has 0 saturated carbocycles. The molecular formula is C9H14N2O3. The Hall–Kier alpha value is -1.52. The van der Waals surface area contributed by atoms with Crippen molar-refractivity contribution in [3.63, 3.8) is 0 Å². The average Bonchev–Trinajstić information content (AvgIpc) is 2.08. The minimum atomic E-state index is -1.06. The van der Waals surface area contributed by atoms with Crippen molar-refractivity contribution in [3.8, 4) is 0 Å². The summed E-state index contributed by atoms with van der Waals surface area (Å²) in [7, 11) is 0. The lowest BCUT2D eigenvalue weighted by Crippen LogP contribution is -2.38. The van der Waals surface area contributed by atoms with E-state index < -0.39 is 12.2 Å². The third kappa shape index (κ3) is 2.48. The number of carbonyl (C=O) groups excluding carboxylic acids is 2. The van der Waals surface area contributed by atoms with Crippen LogP contribution in [0, 0.1) is 0 Å². The van der Waals surface area contributed by atoms with Gasteiger partial charge in [-0.05, 0) is 20.3 Å². The van der Waals surface area contributed by atoms with E-state index in [0.29, 0.717) is 13.1 Å². The van der Waals surface area contributed by atoms with Crippen LogP contribution in [0.15, 0.2) is 11.1 Å². The Kier molecular flexibility index (Phi) is 3.11. The smallest absolute Gasteiger partial charge is 0.359 e. The van der Waals surface area contributed by atoms with Crippen molar-refractivity contribution in [1.82, 2.24) is 4.90 Å². The Morgan fingerprint density at radius 2 is 2.00 bits per heavy atom. The average molecular weight is 198 g/mol. The molecule has 78 valence electrons. The molecule has 0 atom stereocenters. The number of primary amides is 1. The largest absolute Gasteiger partial charge is 0.419 e. The van der Waals surface area contributed by atoms with Crippen molar-refractivity contribution in [2.75, 3.05) is 13.1 Å². The van der Waals surface area contributed by atoms with Crippen LogP contribution in [0.25, 0.3) is 0 Å². The maximum absolute atomic E-state index is 11.2. The van der Waals surface area contributed by atoms with Crippen molar-refractivity contribution >= 4 is 12.2 Å². The molecule has 1 aliphatic rings. The molecule has 0 fully saturated rings. The number of ether oxygens (including phenoxy) is 1. The summed E-state index contributed by atoms with van der Waals surface area (Å²) < 4.78 is 4.28. The fourth-order valence-corrected chi connectivity index (χ4v) is 1.32. The van der Waals surface area contributed by atoms with E-state index in [2.05, 4.69) is 4.74 Å². The Labute approximate surface area is 82.5 Å². The summed E-state index contributed by atoms with van der Waals surface area (Å²) in [6.07, 6.45) is -0.900. The fourth-order valence-electron chi connectivity index (χ4n) is 1.32. The molecular weight excluding hydrogens is 184 g/mol. The SMILES string of the molecule is CC1=C(C)CN(C(=O)OC(N)=O)CC1. The van der Waals surface area contributed by atoms with Crippen molar-refractivity contribution in [3.05, 3.63) is 11.1 Å². The van der Waals surface area contributed by atoms with E-state index in [4.69, 9.17) is 5.73 Å². The maximum Gasteiger partial charge on any atom is 0.419 e. The molecule has 1 aliphatic heterocycles. The van der Waals surface area contributed by atoms with E-state index in [1.54, 1.807) is 0 Å². The molecule has 2 amide bonds. The zero-order chi connectivity index (χ0) is 10.7. The molecule has 0 aromatic rings. The van der Waals surface area contributed by atoms with Gasteiger partial charge in [0.1, 0.15) is 0 Å². The number of hydrogen-bond donors (Lipinski definition) is 1. The van der Waals surface area contributed by atoms with Crippen molar-refractivity contribution in [2.45, 2.75) is 20.3 Å². The normalized spacial score (nSPS) is 16.9. The molecule has 2 N–H and O–H groups in total. The van der Waals surface area contributed by atoms with Crippen LogP contribution in [0.1, 0.15) is 20.3 Å². The number of amides is 2. The van der Waals surface area contributed by atoms with Crippen LogP contribution >= 0.6 is 0 Å². The standard InChI is InChI=1S/C9H14N2O3/c1-6-3-4-11(5-7(6)2)9(13)14-8(10)12/h3-5H2,1-2H3,(H2,10,12). The van der Waals surface area contributed by atoms with E-state index in [1.165, 1.54) is 10.5 Å². The summed E-state index contributed by atoms with van der Waals surface area (Å²) >= 11 is 0. The number of nitrogens with zero attached hydrogens (tertiary/aromatic N) is 1. The van der Waals surface area contributed by atoms with Crippen molar-refractivity contribution in [1.29, 1.82) is 0 Å². The number of rotatable bonds is 0. The summed E-state index contributed by atoms with van der Waals surface area (Å²) in [4.78, 5) is 23.0. The van der Waals surface area contributed by atoms with Gasteiger partial charge in [-0.15, -0.1) is 0 Å². The second-order valence-corrected chi connectivity index (χ2v) is 3.42. The van der Waals surface area contributed by atoms with E-state index in [9.17, 15) is 9.59 Å². The van der Waals surface area contributed by atoms with Gasteiger partial charge < -0.3 is 15.4 Å². The van der Waals surface area contributed by atoms with E-state index in [-0.39, 0.29) is 0 Å². The van der Waals surface area contributed by atoms with Gasteiger partial charge in [0, 0.05) is 13.1 Å². The fraction of sp³-hybridized carbons (Fsp3) is 0.556. The van der Waals surface area contributed by atoms with Gasteiger partial charge in [-0.1, -0.05) is 11.1 Å². The molecule has 0 aromatic carbocycles. The van der Waals surface area contributed by atoms with Crippen LogP contribution in [0.2, 0.25) is 0 Å². The molecule has 0 radical (unpaired) electrons. The minimum absolute atomic E-state index is 0.512. The van der Waals surface area contributed by atoms with Gasteiger partial charge in [-0.25, -0.2) is 9.59 Å². The van der Waals surface area contributed by atoms with Crippen molar-refractivity contribution in [2.24, 2.45) is 5.73 Å². The molecule has 14 heavy (non-hydrogen) atoms. The first-order valence-electron chi connectivity index (χ1n) is 4.42. The van der Waals surface area contributed by atoms with Gasteiger partial charge in [0.25, 0.3) is 0 Å². The first kappa shape index (κ1) is 10.6. The summed E-state index contributed by atoms with van der Waals surface area (Å²) in [6.45, 7) is 5.08. The van der Waals surface area contributed by atoms with Gasteiger partial charge in [-0.2, -0.15) is 0 Å². The van der Waals surface area contributed by atoms with Crippen molar-refractivity contribution < 1.29 is 14.3 Å². The summed E-state index contributed by atoms with van der Waals surface area (Å²) in [5, 5.41) is 0. The van der Waals surface area contributed by atoms with E-state index >= 15 is 0 Å². The molecule has 0 saturated heterocycles. The predicted molar refractivity (Wildman–Crippen MR) is 50.6 cm³/mol. The van der Waals surface area contributed by atoms with Gasteiger partial charge >= 0.3 is 12.2 Å². The zero-order valence-electron chi connectivity index (χ0n) is 8.37. The van der Waals surface area contributed by atoms with Gasteiger partial charge in [0.05, 0.1) is 0 Å². The van der Waals surface area contributed by atoms with E-state index in [0.717, 1.165) is 12.0 Å². The second-order valence-electron chi connectivity index (χ2n) is 3.42. The molecule has 1 heterocycles. The van der Waals surface area contributed by atoms with Crippen LogP contribution in [-0.2, 0) is 4.74 Å². The van der Waals surface area contributed by atoms with Gasteiger partial charge in [0.15, 0.2) is 0 Å². The third-order valence-corrected chi connectivity index (χ3v) is 2.36. The number of hydrogen-bond acceptors (Lipinski definition) is 3. The van der Waals surface area contributed by atoms with Crippen LogP contribution < -0.4 is 5.73 Å². The molecule has 0 bridgehead atoms. The Bertz CT molecular complexity index is 296. The Morgan fingerprint density at radius 1 is 1.36 bits per heavy atom. The Morgan fingerprint density at radius 3 is 2.50 bits per heavy atom. The highest BCUT2D eigenvalue weighted by atomic mass is 16.6. The Balaban J connectivity index is 2.57. The number of nitrogens with two attached hydrogens (primary N) is 1. The topological polar surface area (TPSA) is 72.6 Å². The maximum atomic E-state index is 11.2. The summed E-state index contributed by atoms with van der Waals surface area (Å²) in [5.41, 5.74) is 7.16. The molecule has 0 aromatic heterocycles. The molecule has 0 aliphatic carbocycles. The first-order valence-corrected chi connectivity index (χ1v) is 4.42. The second kappa shape index (κ2) is 4.13. The highest BCUT2D eigenvalue weighted by Gasteiger charge is 2.21. The lowest BCUT2D eigenvalue weighted by atomic mass is 10.0. The quantitative estimate of drug-likeness (QED) is 0.470. The van der Waals surface area contributed by atoms with E-state index in [1.807, 2.05) is 13.8 Å². The molecule has 0 unspecified atom stereocenters. The molecule has 5 heteroatoms. The first-order chi connectivity index (χ1) is 6.50. The van der Waals surface area contributed by atoms with Gasteiger partial charge in [0.2, 0.25) is 0 Å². The monoisotopic (exact) mass is 198 g/mol. The van der Waals surface area contributed by atoms with Crippen LogP contribution in [0.4, 0.5) is 9.59 Å². The van der Waals surface area contributed by atoms with Crippen LogP contribution in [0.5, 0.6) is 0 Å². The molecule has 5 nitrogen and oxygen atoms in total. The highest BCUT2D eigenvalue weighted by molar-refractivity contribution is 5.82. The lowest BCUT2D eigenvalue weighted by molar-refractivity contribution is 0.123. The molecule has 1 rings (SSSR count). The highest BCUT2D eigenvalue weighted by Crippen LogP contribution is 2.17. The van der Waals surface area contributed by atoms with Gasteiger partial charge in [-0.3, -0.25) is 0 Å². The lowest BCUT2D eigenvalue weighted by Gasteiger charge is -2.27. The predicted octanol–water partition coefficient (Wildman–Crippen LogP) is 1.24. The zero-order valence-corrected chi connectivity index (χ0v) is 8.37. The molecule has 0 spiro atoms. The summed E-state index contributed by atoms with van der Waals surface area (Å²) in [6, 6.07) is 0. The van der Waals surface area contributed by atoms with Crippen LogP contribution in [0.3, 0.4) is 0 Å². The number of carbonyl (C=O) groups is 2.